The normalized spacial score (nSPS) is 9.82. The molecule has 0 unspecified atom stereocenters. The van der Waals surface area contributed by atoms with Gasteiger partial charge in [-0.05, 0) is 15.6 Å². The molecule has 0 N–H and O–H groups in total. The summed E-state index contributed by atoms with van der Waals surface area (Å²) >= 11 is 0. The highest BCUT2D eigenvalue weighted by Crippen LogP contribution is 1.92. The minimum Gasteiger partial charge on any atom is -0.169 e. The van der Waals surface area contributed by atoms with Crippen molar-refractivity contribution < 1.29 is 0 Å². The second-order valence-electron chi connectivity index (χ2n) is 1.67. The van der Waals surface area contributed by atoms with E-state index >= 15 is 0 Å². The molecule has 7 heteroatoms. The summed E-state index contributed by atoms with van der Waals surface area (Å²) < 4.78 is 1.27. The second-order valence-corrected chi connectivity index (χ2v) is 1.67. The van der Waals surface area contributed by atoms with Crippen molar-refractivity contribution in [1.82, 2.24) is 35.6 Å². The Bertz CT molecular complexity index is 313. The standard InChI is InChI=1S/C4H2N7/c1-2-5-8-7-4(1)11-3-6-9-10-11/h1-2H. The number of hydrogen-bond acceptors (Lipinski definition) is 6. The van der Waals surface area contributed by atoms with Crippen molar-refractivity contribution in [3.63, 3.8) is 0 Å². The van der Waals surface area contributed by atoms with Gasteiger partial charge in [0.15, 0.2) is 5.82 Å². The first kappa shape index (κ1) is 5.83. The van der Waals surface area contributed by atoms with Crippen molar-refractivity contribution in [1.29, 1.82) is 0 Å². The number of hydrogen-bond donors (Lipinski definition) is 0. The van der Waals surface area contributed by atoms with Crippen LogP contribution in [-0.2, 0) is 0 Å². The van der Waals surface area contributed by atoms with Crippen molar-refractivity contribution in [2.75, 3.05) is 0 Å². The Balaban J connectivity index is 2.46. The third-order valence-corrected chi connectivity index (χ3v) is 1.02. The van der Waals surface area contributed by atoms with Crippen molar-refractivity contribution in [3.05, 3.63) is 18.6 Å². The zero-order valence-corrected chi connectivity index (χ0v) is 5.29. The van der Waals surface area contributed by atoms with Gasteiger partial charge in [-0.15, -0.1) is 15.3 Å². The van der Waals surface area contributed by atoms with Gasteiger partial charge < -0.3 is 0 Å². The number of aromatic nitrogens is 7. The fraction of sp³-hybridized carbons (Fsp3) is 0. The highest BCUT2D eigenvalue weighted by molar-refractivity contribution is 5.12. The maximum atomic E-state index is 3.65. The van der Waals surface area contributed by atoms with Crippen LogP contribution >= 0.6 is 0 Å². The van der Waals surface area contributed by atoms with E-state index in [0.717, 1.165) is 0 Å². The average molecular weight is 148 g/mol. The van der Waals surface area contributed by atoms with Gasteiger partial charge in [0.25, 0.3) is 0 Å². The zero-order chi connectivity index (χ0) is 7.52. The summed E-state index contributed by atoms with van der Waals surface area (Å²) in [6.45, 7) is 0. The summed E-state index contributed by atoms with van der Waals surface area (Å²) in [6, 6.07) is 1.62. The van der Waals surface area contributed by atoms with Crippen LogP contribution in [0.1, 0.15) is 0 Å². The SMILES string of the molecule is [c]1nnnn1-c1ccnnn1. The Morgan fingerprint density at radius 1 is 1.36 bits per heavy atom. The van der Waals surface area contributed by atoms with Crippen LogP contribution in [0, 0.1) is 6.33 Å². The summed E-state index contributed by atoms with van der Waals surface area (Å²) in [6.07, 6.45) is 3.97. The summed E-state index contributed by atoms with van der Waals surface area (Å²) in [4.78, 5) is 0. The summed E-state index contributed by atoms with van der Waals surface area (Å²) in [5, 5.41) is 20.8. The van der Waals surface area contributed by atoms with Crippen molar-refractivity contribution >= 4 is 0 Å². The molecule has 53 valence electrons. The van der Waals surface area contributed by atoms with E-state index in [1.807, 2.05) is 0 Å². The van der Waals surface area contributed by atoms with Gasteiger partial charge >= 0.3 is 0 Å². The van der Waals surface area contributed by atoms with Gasteiger partial charge in [0.2, 0.25) is 6.33 Å². The lowest BCUT2D eigenvalue weighted by molar-refractivity contribution is 0.730. The van der Waals surface area contributed by atoms with Crippen molar-refractivity contribution in [3.8, 4) is 5.82 Å². The predicted octanol–water partition coefficient (Wildman–Crippen LogP) is -1.35. The number of rotatable bonds is 1. The molecule has 1 radical (unpaired) electrons. The van der Waals surface area contributed by atoms with Gasteiger partial charge in [-0.1, -0.05) is 0 Å². The molecule has 0 aliphatic carbocycles. The maximum Gasteiger partial charge on any atom is 0.228 e. The van der Waals surface area contributed by atoms with E-state index in [-0.39, 0.29) is 0 Å². The molecule has 0 spiro atoms. The number of nitrogens with zero attached hydrogens (tertiary/aromatic N) is 7. The van der Waals surface area contributed by atoms with Crippen LogP contribution < -0.4 is 0 Å². The fourth-order valence-electron chi connectivity index (χ4n) is 0.587. The topological polar surface area (TPSA) is 82.3 Å². The van der Waals surface area contributed by atoms with E-state index in [0.29, 0.717) is 5.82 Å². The van der Waals surface area contributed by atoms with Crippen LogP contribution in [0.3, 0.4) is 0 Å². The van der Waals surface area contributed by atoms with Gasteiger partial charge in [-0.3, -0.25) is 0 Å². The van der Waals surface area contributed by atoms with Gasteiger partial charge in [0, 0.05) is 6.07 Å². The first-order valence-electron chi connectivity index (χ1n) is 2.77. The van der Waals surface area contributed by atoms with E-state index in [9.17, 15) is 0 Å². The molecule has 0 amide bonds. The highest BCUT2D eigenvalue weighted by atomic mass is 15.5. The van der Waals surface area contributed by atoms with Crippen LogP contribution in [0.5, 0.6) is 0 Å². The molecule has 0 aliphatic rings. The molecular weight excluding hydrogens is 146 g/mol. The molecule has 0 saturated heterocycles. The third-order valence-electron chi connectivity index (χ3n) is 1.02. The Labute approximate surface area is 61.1 Å². The molecule has 2 aromatic heterocycles. The highest BCUT2D eigenvalue weighted by Gasteiger charge is 1.97. The minimum atomic E-state index is 0.491. The smallest absolute Gasteiger partial charge is 0.169 e. The molecule has 0 bridgehead atoms. The van der Waals surface area contributed by atoms with Gasteiger partial charge in [-0.2, -0.15) is 4.68 Å². The molecule has 0 saturated carbocycles. The van der Waals surface area contributed by atoms with Crippen molar-refractivity contribution in [2.24, 2.45) is 0 Å². The van der Waals surface area contributed by atoms with E-state index in [4.69, 9.17) is 0 Å². The lowest BCUT2D eigenvalue weighted by atomic mass is 10.6. The first-order chi connectivity index (χ1) is 5.47. The van der Waals surface area contributed by atoms with Crippen molar-refractivity contribution in [2.45, 2.75) is 0 Å². The fourth-order valence-corrected chi connectivity index (χ4v) is 0.587. The minimum absolute atomic E-state index is 0.491. The van der Waals surface area contributed by atoms with Gasteiger partial charge in [0.05, 0.1) is 6.20 Å². The van der Waals surface area contributed by atoms with Gasteiger partial charge in [-0.25, -0.2) is 0 Å². The quantitative estimate of drug-likeness (QED) is 0.497. The predicted molar refractivity (Wildman–Crippen MR) is 31.4 cm³/mol. The summed E-state index contributed by atoms with van der Waals surface area (Å²) in [5.74, 6) is 0.491. The summed E-state index contributed by atoms with van der Waals surface area (Å²) in [7, 11) is 0. The molecule has 2 heterocycles. The van der Waals surface area contributed by atoms with Crippen LogP contribution in [-0.4, -0.2) is 35.6 Å². The maximum absolute atomic E-state index is 3.65. The molecule has 0 fully saturated rings. The first-order valence-corrected chi connectivity index (χ1v) is 2.77. The molecule has 7 nitrogen and oxygen atoms in total. The Morgan fingerprint density at radius 3 is 3.00 bits per heavy atom. The number of tetrazole rings is 1. The van der Waals surface area contributed by atoms with Crippen LogP contribution in [0.2, 0.25) is 0 Å². The monoisotopic (exact) mass is 148 g/mol. The Hall–Kier alpha value is -1.92. The average Bonchev–Trinajstić information content (AvgIpc) is 2.58. The molecular formula is C4H2N7. The van der Waals surface area contributed by atoms with Crippen LogP contribution in [0.4, 0.5) is 0 Å². The molecule has 2 rings (SSSR count). The van der Waals surface area contributed by atoms with E-state index in [2.05, 4.69) is 37.3 Å². The van der Waals surface area contributed by atoms with Crippen LogP contribution in [0.25, 0.3) is 5.82 Å². The van der Waals surface area contributed by atoms with E-state index in [1.165, 1.54) is 10.9 Å². The lowest BCUT2D eigenvalue weighted by Gasteiger charge is -1.90. The zero-order valence-electron chi connectivity index (χ0n) is 5.29. The van der Waals surface area contributed by atoms with E-state index < -0.39 is 0 Å². The molecule has 0 aromatic carbocycles. The molecule has 11 heavy (non-hydrogen) atoms. The molecule has 0 atom stereocenters. The lowest BCUT2D eigenvalue weighted by Crippen LogP contribution is -2.00. The summed E-state index contributed by atoms with van der Waals surface area (Å²) in [5.41, 5.74) is 0. The largest absolute Gasteiger partial charge is 0.228 e. The molecule has 0 aliphatic heterocycles. The second kappa shape index (κ2) is 2.37. The Kier molecular flexibility index (Phi) is 1.26. The van der Waals surface area contributed by atoms with E-state index in [1.54, 1.807) is 6.07 Å². The third kappa shape index (κ3) is 1.02. The molecule has 2 aromatic rings. The van der Waals surface area contributed by atoms with Gasteiger partial charge in [0.1, 0.15) is 0 Å². The van der Waals surface area contributed by atoms with Crippen LogP contribution in [0.15, 0.2) is 12.3 Å². The Morgan fingerprint density at radius 2 is 2.36 bits per heavy atom.